The van der Waals surface area contributed by atoms with Crippen LogP contribution in [-0.4, -0.2) is 91.5 Å². The van der Waals surface area contributed by atoms with E-state index in [0.29, 0.717) is 12.8 Å². The fourth-order valence-electron chi connectivity index (χ4n) is 13.5. The molecule has 0 radical (unpaired) electrons. The van der Waals surface area contributed by atoms with Crippen molar-refractivity contribution in [2.45, 2.75) is 258 Å². The molecule has 0 aliphatic carbocycles. The van der Waals surface area contributed by atoms with Gasteiger partial charge in [0.15, 0.2) is 0 Å². The Morgan fingerprint density at radius 1 is 0.444 bits per heavy atom. The van der Waals surface area contributed by atoms with Crippen LogP contribution in [0.25, 0.3) is 10.8 Å². The topological polar surface area (TPSA) is 103 Å². The van der Waals surface area contributed by atoms with Gasteiger partial charge in [0.2, 0.25) is 0 Å². The van der Waals surface area contributed by atoms with Crippen LogP contribution in [0, 0.1) is 23.7 Å². The fraction of sp³-hybridized carbons (Fsp3) is 0.815. The van der Waals surface area contributed by atoms with E-state index in [9.17, 15) is 20.8 Å². The van der Waals surface area contributed by atoms with Crippen LogP contribution >= 0.6 is 0 Å². The van der Waals surface area contributed by atoms with Crippen molar-refractivity contribution in [3.05, 3.63) is 41.0 Å². The van der Waals surface area contributed by atoms with Crippen LogP contribution in [0.2, 0.25) is 0 Å². The molecule has 63 heavy (non-hydrogen) atoms. The Morgan fingerprint density at radius 2 is 0.794 bits per heavy atom. The highest BCUT2D eigenvalue weighted by atomic mass is 16.5. The maximum atomic E-state index is 12.0. The van der Waals surface area contributed by atoms with Gasteiger partial charge in [0.05, 0.1) is 0 Å². The van der Waals surface area contributed by atoms with Gasteiger partial charge in [-0.3, -0.25) is 0 Å². The second-order valence-corrected chi connectivity index (χ2v) is 26.2. The van der Waals surface area contributed by atoms with E-state index in [1.54, 1.807) is 20.3 Å². The first kappa shape index (κ1) is 50.6. The molecule has 6 rings (SSSR count). The van der Waals surface area contributed by atoms with E-state index in [2.05, 4.69) is 163 Å². The smallest absolute Gasteiger partial charge is 0.123 e. The zero-order chi connectivity index (χ0) is 47.6. The normalized spacial score (nSPS) is 36.8. The summed E-state index contributed by atoms with van der Waals surface area (Å²) in [6.07, 6.45) is 6.11. The van der Waals surface area contributed by atoms with Crippen LogP contribution in [0.5, 0.6) is 5.75 Å². The molecular weight excluding hydrogens is 785 g/mol. The molecule has 4 N–H and O–H groups in total. The third kappa shape index (κ3) is 8.46. The standard InChI is InChI=1S/C54H92N4O5/c1-33(2)51(17)28-38(25-47(9,10)55(51)59)42-22-21-37-23-45(63-41-31-50(15,16)58(62)54(20,32-41)36(7)8)43(39-26-48(11,12)56(60)52(18,29-39)34(3)4)24-44(37)46(42)40-27-49(13,14)57(61)53(19,30-40)35(5)6/h21-24,33-36,38-41,59-62H,25-32H2,1-20H3. The van der Waals surface area contributed by atoms with Crippen molar-refractivity contribution in [1.29, 1.82) is 0 Å². The van der Waals surface area contributed by atoms with Gasteiger partial charge >= 0.3 is 0 Å². The molecule has 4 aliphatic rings. The van der Waals surface area contributed by atoms with E-state index in [4.69, 9.17) is 4.74 Å². The van der Waals surface area contributed by atoms with Crippen molar-refractivity contribution in [1.82, 2.24) is 20.3 Å². The van der Waals surface area contributed by atoms with Gasteiger partial charge in [0, 0.05) is 57.2 Å². The zero-order valence-corrected chi connectivity index (χ0v) is 43.6. The predicted octanol–water partition coefficient (Wildman–Crippen LogP) is 13.6. The van der Waals surface area contributed by atoms with Crippen molar-refractivity contribution >= 4 is 10.8 Å². The molecule has 9 heteroatoms. The monoisotopic (exact) mass is 877 g/mol. The molecule has 4 aliphatic heterocycles. The highest BCUT2D eigenvalue weighted by molar-refractivity contribution is 5.90. The summed E-state index contributed by atoms with van der Waals surface area (Å²) in [6, 6.07) is 9.58. The lowest BCUT2D eigenvalue weighted by atomic mass is 9.63. The number of rotatable bonds is 9. The van der Waals surface area contributed by atoms with Gasteiger partial charge < -0.3 is 25.6 Å². The number of fused-ring (bicyclic) bond motifs is 1. The summed E-state index contributed by atoms with van der Waals surface area (Å²) in [5, 5.41) is 56.4. The van der Waals surface area contributed by atoms with E-state index in [0.717, 1.165) is 49.7 Å². The van der Waals surface area contributed by atoms with Crippen molar-refractivity contribution in [2.24, 2.45) is 23.7 Å². The van der Waals surface area contributed by atoms with E-state index in [1.807, 2.05) is 0 Å². The van der Waals surface area contributed by atoms with Gasteiger partial charge in [-0.25, -0.2) is 0 Å². The van der Waals surface area contributed by atoms with Crippen LogP contribution < -0.4 is 4.74 Å². The van der Waals surface area contributed by atoms with Crippen molar-refractivity contribution in [3.63, 3.8) is 0 Å². The molecule has 8 atom stereocenters. The van der Waals surface area contributed by atoms with Crippen LogP contribution in [-0.2, 0) is 0 Å². The molecule has 0 amide bonds. The quantitative estimate of drug-likeness (QED) is 0.196. The second kappa shape index (κ2) is 16.5. The maximum absolute atomic E-state index is 12.0. The van der Waals surface area contributed by atoms with Crippen LogP contribution in [0.3, 0.4) is 0 Å². The SMILES string of the molecule is CC(C)C1(C)CC(Oc2cc3ccc(C4CC(C)(C)N(O)C(C)(C(C)C)C4)c(C4CC(C)(C)N(O)C(C)(C(C)C)C4)c3cc2C2CC(C)(C)N(O)C(C)(C(C)C)C2)CC(C)(C)N1O. The van der Waals surface area contributed by atoms with Gasteiger partial charge in [0.25, 0.3) is 0 Å². The summed E-state index contributed by atoms with van der Waals surface area (Å²) in [5.41, 5.74) is 0.275. The molecule has 4 heterocycles. The molecule has 8 unspecified atom stereocenters. The van der Waals surface area contributed by atoms with Gasteiger partial charge in [-0.05, 0) is 203 Å². The largest absolute Gasteiger partial charge is 0.490 e. The van der Waals surface area contributed by atoms with Crippen LogP contribution in [0.15, 0.2) is 24.3 Å². The van der Waals surface area contributed by atoms with Crippen LogP contribution in [0.1, 0.15) is 224 Å². The first-order valence-electron chi connectivity index (χ1n) is 24.8. The highest BCUT2D eigenvalue weighted by Gasteiger charge is 2.55. The molecule has 0 spiro atoms. The summed E-state index contributed by atoms with van der Waals surface area (Å²) in [6.45, 7) is 44.1. The Labute approximate surface area is 383 Å². The maximum Gasteiger partial charge on any atom is 0.123 e. The van der Waals surface area contributed by atoms with Crippen molar-refractivity contribution in [3.8, 4) is 5.75 Å². The highest BCUT2D eigenvalue weighted by Crippen LogP contribution is 2.56. The van der Waals surface area contributed by atoms with Gasteiger partial charge in [-0.2, -0.15) is 20.3 Å². The minimum absolute atomic E-state index is 0.103. The molecule has 358 valence electrons. The summed E-state index contributed by atoms with van der Waals surface area (Å²) < 4.78 is 7.45. The third-order valence-electron chi connectivity index (χ3n) is 18.6. The molecule has 2 aromatic carbocycles. The number of hydrogen-bond donors (Lipinski definition) is 4. The molecular formula is C54H92N4O5. The van der Waals surface area contributed by atoms with Crippen molar-refractivity contribution in [2.75, 3.05) is 0 Å². The summed E-state index contributed by atoms with van der Waals surface area (Å²) in [5.74, 6) is 2.24. The van der Waals surface area contributed by atoms with E-state index in [1.165, 1.54) is 22.1 Å². The summed E-state index contributed by atoms with van der Waals surface area (Å²) >= 11 is 0. The van der Waals surface area contributed by atoms with Crippen molar-refractivity contribution < 1.29 is 25.6 Å². The first-order chi connectivity index (χ1) is 28.6. The Balaban J connectivity index is 1.65. The Bertz CT molecular complexity index is 1990. The second-order valence-electron chi connectivity index (χ2n) is 26.2. The number of nitrogens with zero attached hydrogens (tertiary/aromatic N) is 4. The summed E-state index contributed by atoms with van der Waals surface area (Å²) in [4.78, 5) is 0. The van der Waals surface area contributed by atoms with Gasteiger partial charge in [0.1, 0.15) is 11.9 Å². The Hall–Kier alpha value is -1.82. The Morgan fingerprint density at radius 3 is 1.21 bits per heavy atom. The average Bonchev–Trinajstić information content (AvgIpc) is 3.15. The van der Waals surface area contributed by atoms with Crippen LogP contribution in [0.4, 0.5) is 0 Å². The lowest BCUT2D eigenvalue weighted by molar-refractivity contribution is -0.271. The molecule has 4 saturated heterocycles. The Kier molecular flexibility index (Phi) is 13.2. The molecule has 0 saturated carbocycles. The predicted molar refractivity (Wildman–Crippen MR) is 257 cm³/mol. The number of hydroxylamine groups is 8. The zero-order valence-electron chi connectivity index (χ0n) is 43.6. The first-order valence-corrected chi connectivity index (χ1v) is 24.8. The van der Waals surface area contributed by atoms with E-state index < -0.39 is 44.3 Å². The lowest BCUT2D eigenvalue weighted by Crippen LogP contribution is -2.64. The minimum atomic E-state index is -0.485. The molecule has 2 aromatic rings. The fourth-order valence-corrected chi connectivity index (χ4v) is 13.5. The number of hydrogen-bond acceptors (Lipinski definition) is 9. The molecule has 0 bridgehead atoms. The molecule has 4 fully saturated rings. The number of benzene rings is 2. The van der Waals surface area contributed by atoms with E-state index >= 15 is 0 Å². The third-order valence-corrected chi connectivity index (χ3v) is 18.6. The minimum Gasteiger partial charge on any atom is -0.490 e. The molecule has 0 aromatic heterocycles. The summed E-state index contributed by atoms with van der Waals surface area (Å²) in [7, 11) is 0. The average molecular weight is 877 g/mol. The van der Waals surface area contributed by atoms with E-state index in [-0.39, 0.29) is 47.5 Å². The number of ether oxygens (including phenoxy) is 1. The van der Waals surface area contributed by atoms with Gasteiger partial charge in [-0.15, -0.1) is 0 Å². The number of piperidine rings is 4. The molecule has 9 nitrogen and oxygen atoms in total. The lowest BCUT2D eigenvalue weighted by Gasteiger charge is -2.57. The van der Waals surface area contributed by atoms with Gasteiger partial charge in [-0.1, -0.05) is 67.5 Å².